The van der Waals surface area contributed by atoms with Gasteiger partial charge in [0.05, 0.1) is 25.5 Å². The van der Waals surface area contributed by atoms with Crippen LogP contribution in [0.1, 0.15) is 22.1 Å². The summed E-state index contributed by atoms with van der Waals surface area (Å²) in [6, 6.07) is 13.6. The molecule has 3 aromatic rings. The number of amides is 1. The fourth-order valence-electron chi connectivity index (χ4n) is 3.53. The van der Waals surface area contributed by atoms with E-state index in [1.54, 1.807) is 42.5 Å². The number of aromatic nitrogens is 2. The first-order chi connectivity index (χ1) is 16.9. The predicted octanol–water partition coefficient (Wildman–Crippen LogP) is 3.93. The van der Waals surface area contributed by atoms with Gasteiger partial charge < -0.3 is 19.9 Å². The summed E-state index contributed by atoms with van der Waals surface area (Å²) in [6.07, 6.45) is 2.57. The Morgan fingerprint density at radius 1 is 1.09 bits per heavy atom. The van der Waals surface area contributed by atoms with Crippen molar-refractivity contribution in [2.24, 2.45) is 0 Å². The number of halogens is 1. The van der Waals surface area contributed by atoms with E-state index in [0.29, 0.717) is 11.3 Å². The minimum atomic E-state index is -1.08. The quantitative estimate of drug-likeness (QED) is 0.398. The van der Waals surface area contributed by atoms with Gasteiger partial charge in [0.15, 0.2) is 17.6 Å². The number of phenols is 1. The van der Waals surface area contributed by atoms with Crippen LogP contribution in [0.15, 0.2) is 84.0 Å². The van der Waals surface area contributed by atoms with Gasteiger partial charge in [-0.1, -0.05) is 36.4 Å². The van der Waals surface area contributed by atoms with Gasteiger partial charge in [0, 0.05) is 0 Å². The number of allylic oxidation sites excluding steroid dienone is 4. The van der Waals surface area contributed by atoms with Crippen molar-refractivity contribution in [2.75, 3.05) is 14.2 Å². The molecule has 0 saturated heterocycles. The molecule has 0 fully saturated rings. The Bertz CT molecular complexity index is 1430. The Morgan fingerprint density at radius 3 is 2.51 bits per heavy atom. The lowest BCUT2D eigenvalue weighted by molar-refractivity contribution is -0.143. The zero-order valence-corrected chi connectivity index (χ0v) is 18.8. The van der Waals surface area contributed by atoms with Crippen LogP contribution in [0.3, 0.4) is 0 Å². The maximum atomic E-state index is 13.5. The molecule has 8 nitrogen and oxygen atoms in total. The minimum absolute atomic E-state index is 0.0761. The average molecular weight is 473 g/mol. The summed E-state index contributed by atoms with van der Waals surface area (Å²) in [4.78, 5) is 25.6. The molecule has 1 aliphatic carbocycles. The van der Waals surface area contributed by atoms with Crippen LogP contribution in [0.4, 0.5) is 4.39 Å². The zero-order valence-electron chi connectivity index (χ0n) is 18.8. The molecule has 2 N–H and O–H groups in total. The number of carbonyl (C=O) groups is 2. The maximum Gasteiger partial charge on any atom is 0.333 e. The number of benzene rings is 2. The van der Waals surface area contributed by atoms with Gasteiger partial charge in [-0.3, -0.25) is 4.79 Å². The highest BCUT2D eigenvalue weighted by Gasteiger charge is 2.27. The third kappa shape index (κ3) is 4.77. The molecule has 0 spiro atoms. The first-order valence-corrected chi connectivity index (χ1v) is 10.4. The van der Waals surface area contributed by atoms with Gasteiger partial charge in [-0.25, -0.2) is 9.48 Å². The van der Waals surface area contributed by atoms with Crippen LogP contribution >= 0.6 is 0 Å². The number of hydrogen-bond acceptors (Lipinski definition) is 6. The maximum absolute atomic E-state index is 13.5. The minimum Gasteiger partial charge on any atom is -0.507 e. The highest BCUT2D eigenvalue weighted by atomic mass is 19.1. The van der Waals surface area contributed by atoms with E-state index < -0.39 is 23.7 Å². The van der Waals surface area contributed by atoms with Gasteiger partial charge >= 0.3 is 5.97 Å². The first kappa shape index (κ1) is 23.3. The van der Waals surface area contributed by atoms with Crippen LogP contribution in [-0.4, -0.2) is 41.0 Å². The lowest BCUT2D eigenvalue weighted by Crippen LogP contribution is -2.34. The first-order valence-electron chi connectivity index (χ1n) is 10.4. The second kappa shape index (κ2) is 9.97. The molecule has 35 heavy (non-hydrogen) atoms. The third-order valence-electron chi connectivity index (χ3n) is 5.19. The topological polar surface area (TPSA) is 103 Å². The van der Waals surface area contributed by atoms with Crippen molar-refractivity contribution < 1.29 is 28.6 Å². The Hall–Kier alpha value is -4.84. The standard InChI is InChI=1S/C26H20FN3O5/c1-34-22-10-6-9-21(31)23(22)20-15-19(29-30(20)18-13-11-17(27)12-14-18)25(32)28-24(26(33)35-2)16-7-4-3-5-8-16/h3-11,13,15,24,31H,1-2H3,(H,28,32)/t24-/m0/s1. The third-order valence-corrected chi connectivity index (χ3v) is 5.19. The largest absolute Gasteiger partial charge is 0.507 e. The molecule has 0 radical (unpaired) electrons. The summed E-state index contributed by atoms with van der Waals surface area (Å²) in [7, 11) is 2.66. The van der Waals surface area contributed by atoms with Crippen molar-refractivity contribution in [2.45, 2.75) is 6.04 Å². The number of ether oxygens (including phenoxy) is 2. The molecule has 1 aromatic heterocycles. The summed E-state index contributed by atoms with van der Waals surface area (Å²) in [5.41, 5.74) is 6.21. The molecule has 0 unspecified atom stereocenters. The van der Waals surface area contributed by atoms with Crippen LogP contribution in [0.25, 0.3) is 17.0 Å². The number of hydrogen-bond donors (Lipinski definition) is 2. The molecule has 9 heteroatoms. The summed E-state index contributed by atoms with van der Waals surface area (Å²) < 4.78 is 25.0. The van der Waals surface area contributed by atoms with E-state index in [0.717, 1.165) is 0 Å². The molecule has 1 heterocycles. The second-order valence-corrected chi connectivity index (χ2v) is 7.34. The van der Waals surface area contributed by atoms with E-state index in [2.05, 4.69) is 21.9 Å². The monoisotopic (exact) mass is 473 g/mol. The van der Waals surface area contributed by atoms with E-state index in [1.165, 1.54) is 43.2 Å². The fourth-order valence-corrected chi connectivity index (χ4v) is 3.53. The van der Waals surface area contributed by atoms with Crippen molar-refractivity contribution in [3.8, 4) is 22.8 Å². The Kier molecular flexibility index (Phi) is 6.64. The van der Waals surface area contributed by atoms with Crippen molar-refractivity contribution in [3.63, 3.8) is 0 Å². The van der Waals surface area contributed by atoms with Crippen molar-refractivity contribution in [1.82, 2.24) is 15.1 Å². The number of rotatable bonds is 7. The summed E-state index contributed by atoms with van der Waals surface area (Å²) in [5, 5.41) is 17.6. The van der Waals surface area contributed by atoms with E-state index in [-0.39, 0.29) is 28.4 Å². The molecule has 176 valence electrons. The molecule has 4 rings (SSSR count). The van der Waals surface area contributed by atoms with Gasteiger partial charge in [-0.2, -0.15) is 9.49 Å². The number of nitrogens with zero attached hydrogens (tertiary/aromatic N) is 2. The molecule has 1 atom stereocenters. The van der Waals surface area contributed by atoms with Crippen LogP contribution in [0.2, 0.25) is 0 Å². The lowest BCUT2D eigenvalue weighted by atomic mass is 10.1. The molecular formula is C26H20FN3O5. The smallest absolute Gasteiger partial charge is 0.333 e. The van der Waals surface area contributed by atoms with Crippen LogP contribution < -0.4 is 10.1 Å². The predicted molar refractivity (Wildman–Crippen MR) is 125 cm³/mol. The van der Waals surface area contributed by atoms with Gasteiger partial charge in [0.25, 0.3) is 5.91 Å². The van der Waals surface area contributed by atoms with Crippen LogP contribution in [0.5, 0.6) is 11.5 Å². The van der Waals surface area contributed by atoms with Gasteiger partial charge in [0.1, 0.15) is 17.2 Å². The number of aromatic hydroxyl groups is 1. The lowest BCUT2D eigenvalue weighted by Gasteiger charge is -2.16. The Labute approximate surface area is 199 Å². The number of nitrogens with one attached hydrogen (secondary N) is 1. The number of methoxy groups -OCH3 is 2. The van der Waals surface area contributed by atoms with Crippen LogP contribution in [0, 0.1) is 0 Å². The van der Waals surface area contributed by atoms with Crippen molar-refractivity contribution >= 4 is 17.6 Å². The summed E-state index contributed by atoms with van der Waals surface area (Å²) >= 11 is 0. The van der Waals surface area contributed by atoms with E-state index in [9.17, 15) is 19.1 Å². The molecule has 1 aliphatic rings. The van der Waals surface area contributed by atoms with E-state index >= 15 is 0 Å². The molecule has 0 saturated carbocycles. The fraction of sp³-hybridized carbons (Fsp3) is 0.115. The second-order valence-electron chi connectivity index (χ2n) is 7.34. The highest BCUT2D eigenvalue weighted by Crippen LogP contribution is 2.39. The van der Waals surface area contributed by atoms with Crippen LogP contribution in [-0.2, 0) is 9.53 Å². The normalized spacial score (nSPS) is 13.0. The molecule has 0 aliphatic heterocycles. The number of phenolic OH excluding ortho intramolecular Hbond substituents is 1. The van der Waals surface area contributed by atoms with Crippen molar-refractivity contribution in [1.29, 1.82) is 0 Å². The zero-order chi connectivity index (χ0) is 24.9. The van der Waals surface area contributed by atoms with Gasteiger partial charge in [-0.15, -0.1) is 0 Å². The van der Waals surface area contributed by atoms with Crippen molar-refractivity contribution in [3.05, 3.63) is 95.3 Å². The number of carbonyl (C=O) groups excluding carboxylic acids is 2. The number of esters is 1. The van der Waals surface area contributed by atoms with Gasteiger partial charge in [-0.05, 0) is 47.4 Å². The average Bonchev–Trinajstić information content (AvgIpc) is 3.32. The van der Waals surface area contributed by atoms with E-state index in [1.807, 2.05) is 0 Å². The molecule has 2 aromatic carbocycles. The van der Waals surface area contributed by atoms with Gasteiger partial charge in [0.2, 0.25) is 0 Å². The molecule has 0 bridgehead atoms. The molecule has 1 amide bonds. The highest BCUT2D eigenvalue weighted by molar-refractivity contribution is 5.97. The Balaban J connectivity index is 1.82. The van der Waals surface area contributed by atoms with E-state index in [4.69, 9.17) is 9.47 Å². The SMILES string of the molecule is COC(=O)[C@@H](NC(=O)c1cc(-c2c(O)cccc2OC)n(C2=C=C=C(F)C=C2)n1)c1ccccc1. The Morgan fingerprint density at radius 2 is 1.86 bits per heavy atom. The molecular weight excluding hydrogens is 453 g/mol. The summed E-state index contributed by atoms with van der Waals surface area (Å²) in [6.45, 7) is 0. The summed E-state index contributed by atoms with van der Waals surface area (Å²) in [5.74, 6) is -1.76.